The molecule has 0 saturated carbocycles. The lowest BCUT2D eigenvalue weighted by atomic mass is 10.3. The zero-order valence-corrected chi connectivity index (χ0v) is 14.3. The zero-order chi connectivity index (χ0) is 16.2. The molecule has 6 nitrogen and oxygen atoms in total. The second-order valence-electron chi connectivity index (χ2n) is 4.29. The molecule has 0 aliphatic heterocycles. The highest BCUT2D eigenvalue weighted by molar-refractivity contribution is 6.34. The molecule has 0 aliphatic rings. The van der Waals surface area contributed by atoms with E-state index in [4.69, 9.17) is 28.4 Å². The van der Waals surface area contributed by atoms with Crippen molar-refractivity contribution in [3.05, 3.63) is 12.1 Å². The van der Waals surface area contributed by atoms with Crippen LogP contribution in [0.4, 0.5) is 0 Å². The molecule has 0 unspecified atom stereocenters. The van der Waals surface area contributed by atoms with Crippen molar-refractivity contribution in [2.24, 2.45) is 0 Å². The van der Waals surface area contributed by atoms with Gasteiger partial charge in [-0.25, -0.2) is 0 Å². The average molecular weight is 327 g/mol. The molecule has 123 valence electrons. The molecule has 1 aromatic rings. The van der Waals surface area contributed by atoms with Crippen LogP contribution in [0.2, 0.25) is 0 Å². The van der Waals surface area contributed by atoms with Crippen molar-refractivity contribution in [3.63, 3.8) is 0 Å². The second kappa shape index (κ2) is 11.3. The van der Waals surface area contributed by atoms with E-state index in [-0.39, 0.29) is 0 Å². The lowest BCUT2D eigenvalue weighted by Gasteiger charge is -2.18. The minimum Gasteiger partial charge on any atom is -0.487 e. The van der Waals surface area contributed by atoms with Crippen molar-refractivity contribution in [3.8, 4) is 17.2 Å². The molecule has 0 aliphatic carbocycles. The smallest absolute Gasteiger partial charge is 0.203 e. The lowest BCUT2D eigenvalue weighted by molar-refractivity contribution is 0.124. The molecule has 0 saturated heterocycles. The molecular weight excluding hydrogens is 304 g/mol. The van der Waals surface area contributed by atoms with E-state index in [0.717, 1.165) is 5.19 Å². The van der Waals surface area contributed by atoms with Crippen LogP contribution in [0.3, 0.4) is 0 Å². The highest BCUT2D eigenvalue weighted by atomic mass is 28.1. The van der Waals surface area contributed by atoms with Gasteiger partial charge in [0, 0.05) is 21.3 Å². The Morgan fingerprint density at radius 2 is 1.18 bits per heavy atom. The summed E-state index contributed by atoms with van der Waals surface area (Å²) in [6, 6.07) is 3.67. The van der Waals surface area contributed by atoms with Gasteiger partial charge in [0.15, 0.2) is 11.5 Å². The minimum absolute atomic E-state index is 0.396. The molecule has 0 aromatic heterocycles. The van der Waals surface area contributed by atoms with Crippen LogP contribution >= 0.6 is 0 Å². The SMILES string of the molecule is COCCOc1ccc([Si])c(OCCOC)c1OCCOC. The fourth-order valence-corrected chi connectivity index (χ4v) is 1.90. The van der Waals surface area contributed by atoms with Crippen molar-refractivity contribution >= 4 is 15.4 Å². The molecule has 22 heavy (non-hydrogen) atoms. The molecule has 0 bridgehead atoms. The van der Waals surface area contributed by atoms with E-state index in [2.05, 4.69) is 10.2 Å². The number of benzene rings is 1. The fourth-order valence-electron chi connectivity index (χ4n) is 1.63. The molecule has 3 radical (unpaired) electrons. The summed E-state index contributed by atoms with van der Waals surface area (Å²) in [4.78, 5) is 0. The van der Waals surface area contributed by atoms with E-state index < -0.39 is 0 Å². The van der Waals surface area contributed by atoms with Gasteiger partial charge in [-0.1, -0.05) is 6.07 Å². The van der Waals surface area contributed by atoms with Gasteiger partial charge >= 0.3 is 0 Å². The van der Waals surface area contributed by atoms with E-state index in [9.17, 15) is 0 Å². The van der Waals surface area contributed by atoms with Crippen molar-refractivity contribution in [1.29, 1.82) is 0 Å². The number of rotatable bonds is 12. The summed E-state index contributed by atoms with van der Waals surface area (Å²) < 4.78 is 32.2. The number of hydrogen-bond donors (Lipinski definition) is 0. The Balaban J connectivity index is 2.89. The Bertz CT molecular complexity index is 427. The molecule has 0 heterocycles. The predicted octanol–water partition coefficient (Wildman–Crippen LogP) is 0.556. The van der Waals surface area contributed by atoms with Gasteiger partial charge in [-0.3, -0.25) is 0 Å². The third-order valence-corrected chi connectivity index (χ3v) is 3.08. The van der Waals surface area contributed by atoms with Crippen LogP contribution in [0.1, 0.15) is 0 Å². The van der Waals surface area contributed by atoms with Crippen LogP contribution in [0, 0.1) is 0 Å². The maximum atomic E-state index is 5.76. The maximum Gasteiger partial charge on any atom is 0.203 e. The van der Waals surface area contributed by atoms with Crippen LogP contribution in [0.5, 0.6) is 17.2 Å². The monoisotopic (exact) mass is 327 g/mol. The van der Waals surface area contributed by atoms with E-state index in [1.165, 1.54) is 0 Å². The molecule has 0 spiro atoms. The molecule has 0 amide bonds. The standard InChI is InChI=1S/C15H23O6Si/c1-16-6-9-19-12-4-5-13(22)15(21-11-8-18-3)14(12)20-10-7-17-2/h4-5H,6-11H2,1-3H3. The Hall–Kier alpha value is -1.28. The Kier molecular flexibility index (Phi) is 9.64. The topological polar surface area (TPSA) is 55.4 Å². The first-order valence-corrected chi connectivity index (χ1v) is 7.48. The third-order valence-electron chi connectivity index (χ3n) is 2.69. The highest BCUT2D eigenvalue weighted by Crippen LogP contribution is 2.35. The van der Waals surface area contributed by atoms with E-state index in [1.807, 2.05) is 12.1 Å². The quantitative estimate of drug-likeness (QED) is 0.413. The molecule has 0 atom stereocenters. The highest BCUT2D eigenvalue weighted by Gasteiger charge is 2.16. The van der Waals surface area contributed by atoms with Crippen LogP contribution in [0.15, 0.2) is 12.1 Å². The fraction of sp³-hybridized carbons (Fsp3) is 0.600. The summed E-state index contributed by atoms with van der Waals surface area (Å²) >= 11 is 0. The van der Waals surface area contributed by atoms with E-state index >= 15 is 0 Å². The first-order valence-electron chi connectivity index (χ1n) is 6.98. The van der Waals surface area contributed by atoms with Gasteiger partial charge in [-0.2, -0.15) is 0 Å². The van der Waals surface area contributed by atoms with Crippen LogP contribution < -0.4 is 19.4 Å². The largest absolute Gasteiger partial charge is 0.487 e. The van der Waals surface area contributed by atoms with Gasteiger partial charge < -0.3 is 28.4 Å². The minimum atomic E-state index is 0.396. The van der Waals surface area contributed by atoms with Crippen LogP contribution in [-0.2, 0) is 14.2 Å². The van der Waals surface area contributed by atoms with Gasteiger partial charge in [-0.05, 0) is 11.3 Å². The van der Waals surface area contributed by atoms with Crippen LogP contribution in [0.25, 0.3) is 0 Å². The van der Waals surface area contributed by atoms with Crippen molar-refractivity contribution in [2.45, 2.75) is 0 Å². The second-order valence-corrected chi connectivity index (χ2v) is 4.83. The average Bonchev–Trinajstić information content (AvgIpc) is 2.52. The summed E-state index contributed by atoms with van der Waals surface area (Å²) in [5, 5.41) is 0.780. The lowest BCUT2D eigenvalue weighted by Crippen LogP contribution is -2.17. The first-order chi connectivity index (χ1) is 10.7. The molecule has 0 N–H and O–H groups in total. The predicted molar refractivity (Wildman–Crippen MR) is 83.9 cm³/mol. The summed E-state index contributed by atoms with van der Waals surface area (Å²) in [6.45, 7) is 2.69. The van der Waals surface area contributed by atoms with E-state index in [1.54, 1.807) is 21.3 Å². The summed E-state index contributed by atoms with van der Waals surface area (Å²) in [5.41, 5.74) is 0. The number of methoxy groups -OCH3 is 3. The molecule has 7 heteroatoms. The van der Waals surface area contributed by atoms with Crippen molar-refractivity contribution in [2.75, 3.05) is 61.0 Å². The molecule has 0 fully saturated rings. The third kappa shape index (κ3) is 6.23. The normalized spacial score (nSPS) is 10.5. The molecule has 1 rings (SSSR count). The summed E-state index contributed by atoms with van der Waals surface area (Å²) in [6.07, 6.45) is 0. The Labute approximate surface area is 135 Å². The van der Waals surface area contributed by atoms with E-state index in [0.29, 0.717) is 56.9 Å². The summed E-state index contributed by atoms with van der Waals surface area (Å²) in [7, 11) is 8.39. The van der Waals surface area contributed by atoms with Gasteiger partial charge in [0.1, 0.15) is 19.8 Å². The first kappa shape index (κ1) is 18.8. The van der Waals surface area contributed by atoms with Crippen molar-refractivity contribution < 1.29 is 28.4 Å². The molecule has 1 aromatic carbocycles. The van der Waals surface area contributed by atoms with Gasteiger partial charge in [-0.15, -0.1) is 0 Å². The van der Waals surface area contributed by atoms with Gasteiger partial charge in [0.25, 0.3) is 0 Å². The zero-order valence-electron chi connectivity index (χ0n) is 13.3. The Morgan fingerprint density at radius 1 is 0.682 bits per heavy atom. The maximum absolute atomic E-state index is 5.76. The Morgan fingerprint density at radius 3 is 1.73 bits per heavy atom. The van der Waals surface area contributed by atoms with Gasteiger partial charge in [0.2, 0.25) is 5.75 Å². The number of ether oxygens (including phenoxy) is 6. The molecular formula is C15H23O6Si. The van der Waals surface area contributed by atoms with Gasteiger partial charge in [0.05, 0.1) is 30.1 Å². The van der Waals surface area contributed by atoms with Crippen molar-refractivity contribution in [1.82, 2.24) is 0 Å². The number of hydrogen-bond acceptors (Lipinski definition) is 6. The summed E-state index contributed by atoms with van der Waals surface area (Å²) in [5.74, 6) is 1.72. The van der Waals surface area contributed by atoms with Crippen LogP contribution in [-0.4, -0.2) is 71.2 Å².